The third-order valence-electron chi connectivity index (χ3n) is 12.3. The number of hydrogen-bond donors (Lipinski definition) is 9. The summed E-state index contributed by atoms with van der Waals surface area (Å²) in [5, 5.41) is 39.8. The monoisotopic (exact) mass is 1240 g/mol. The van der Waals surface area contributed by atoms with E-state index in [1.807, 2.05) is 13.8 Å². The highest BCUT2D eigenvalue weighted by Gasteiger charge is 2.33. The van der Waals surface area contributed by atoms with Crippen LogP contribution in [0.4, 0.5) is 10.6 Å². The molecule has 0 saturated carbocycles. The Hall–Kier alpha value is -7.88. The molecule has 8 heterocycles. The fourth-order valence-electron chi connectivity index (χ4n) is 8.18. The zero-order chi connectivity index (χ0) is 58.9. The van der Waals surface area contributed by atoms with Crippen molar-refractivity contribution in [2.24, 2.45) is 11.7 Å². The van der Waals surface area contributed by atoms with Crippen LogP contribution in [0.1, 0.15) is 106 Å². The topological polar surface area (TPSA) is 359 Å². The van der Waals surface area contributed by atoms with Gasteiger partial charge in [-0.3, -0.25) is 34.1 Å². The van der Waals surface area contributed by atoms with Crippen LogP contribution >= 0.6 is 68.0 Å². The largest absolute Gasteiger partial charge is 0.439 e. The highest BCUT2D eigenvalue weighted by atomic mass is 32.1. The Bertz CT molecular complexity index is 3690. The third kappa shape index (κ3) is 14.3. The molecule has 25 nitrogen and oxygen atoms in total. The number of benzene rings is 1. The van der Waals surface area contributed by atoms with E-state index in [4.69, 9.17) is 35.1 Å². The summed E-state index contributed by atoms with van der Waals surface area (Å²) >= 11 is 7.04. The van der Waals surface area contributed by atoms with Gasteiger partial charge in [-0.25, -0.2) is 39.7 Å². The number of nitrogens with zero attached hydrogens (tertiary/aromatic N) is 7. The molecule has 7 aromatic heterocycles. The van der Waals surface area contributed by atoms with E-state index in [1.165, 1.54) is 48.2 Å². The molecule has 9 rings (SSSR count). The van der Waals surface area contributed by atoms with E-state index < -0.39 is 78.9 Å². The summed E-state index contributed by atoms with van der Waals surface area (Å²) in [4.78, 5) is 128. The molecule has 0 spiro atoms. The van der Waals surface area contributed by atoms with E-state index in [0.717, 1.165) is 34.0 Å². The first-order valence-electron chi connectivity index (χ1n) is 25.3. The van der Waals surface area contributed by atoms with Crippen LogP contribution in [0.15, 0.2) is 64.0 Å². The number of anilines is 1. The summed E-state index contributed by atoms with van der Waals surface area (Å²) in [5.74, 6) is -3.58. The number of hydrogen-bond acceptors (Lipinski definition) is 24. The number of nitrogens with two attached hydrogens (primary N) is 1. The molecule has 7 amide bonds. The quantitative estimate of drug-likeness (QED) is 0.0645. The van der Waals surface area contributed by atoms with Crippen LogP contribution in [0, 0.1) is 12.8 Å². The molecule has 10 N–H and O–H groups in total. The lowest BCUT2D eigenvalue weighted by atomic mass is 10.0. The number of pyridine rings is 1. The molecule has 0 saturated heterocycles. The molecule has 10 bridgehead atoms. The standard InChI is InChI=1S/C52H53N15O10S6/c1-23(2)37-51-67-40(32(83-51)17-76-5)44(73)56-16-35(69)64-41(42(71)25-9-7-6-8-10-25)50-61-31(21-80-50)48-59-29(19-79-48)39-26(11-12-27(57-39)47-62-33(22-81-47)63-52(75)77-18-36(70)55-14-13-53)46-60-30(20-78-46)43(72)58-28(15-34(68)54-4)49-66-38(24(3)82-49)45(74)65-37/h6-12,19-23,28,37,41-42,71H,13-18,53H2,1-5H3,(H,54,68)(H,55,70)(H,56,73)(H,58,72)(H,63,75)(H,64,69)(H,65,74)/t28-,37-,41-,42-/m0/s1. The number of fused-ring (bicyclic) bond motifs is 14. The first kappa shape index (κ1) is 59.7. The van der Waals surface area contributed by atoms with Crippen LogP contribution in [0.5, 0.6) is 0 Å². The number of thiazole rings is 6. The highest BCUT2D eigenvalue weighted by Crippen LogP contribution is 2.40. The summed E-state index contributed by atoms with van der Waals surface area (Å²) < 4.78 is 10.5. The van der Waals surface area contributed by atoms with Crippen molar-refractivity contribution >= 4 is 115 Å². The zero-order valence-corrected chi connectivity index (χ0v) is 49.7. The van der Waals surface area contributed by atoms with E-state index in [0.29, 0.717) is 68.7 Å². The molecule has 1 aliphatic rings. The number of rotatable bonds is 13. The minimum Gasteiger partial charge on any atom is -0.439 e. The number of methoxy groups -OCH3 is 1. The number of carbonyl (C=O) groups is 7. The van der Waals surface area contributed by atoms with Crippen molar-refractivity contribution in [2.75, 3.05) is 45.7 Å². The maximum absolute atomic E-state index is 14.3. The second kappa shape index (κ2) is 27.0. The van der Waals surface area contributed by atoms with E-state index in [-0.39, 0.29) is 59.9 Å². The van der Waals surface area contributed by atoms with Crippen LogP contribution in [0.2, 0.25) is 0 Å². The first-order chi connectivity index (χ1) is 40.0. The lowest BCUT2D eigenvalue weighted by Gasteiger charge is -2.23. The summed E-state index contributed by atoms with van der Waals surface area (Å²) in [6.45, 7) is 4.83. The van der Waals surface area contributed by atoms with Crippen molar-refractivity contribution in [3.8, 4) is 43.4 Å². The summed E-state index contributed by atoms with van der Waals surface area (Å²) in [7, 11) is 2.93. The number of aromatic nitrogens is 7. The SMILES string of the molecule is CNC(=O)C[C@@H]1NC(=O)c2csc(n2)-c2ccc(-c3nc(NC(=O)OCC(=O)NCCN)cs3)nc2-c2csc(n2)-c2csc(n2)[C@H]([C@@H](O)c2ccccc2)NC(=O)CNC(=O)c2nc(sc2COC)[C@H](C(C)C)NC(=O)c2nc1sc2C. The second-order valence-corrected chi connectivity index (χ2v) is 24.3. The number of aliphatic hydroxyl groups excluding tert-OH is 1. The molecular weight excluding hydrogens is 1190 g/mol. The Morgan fingerprint density at radius 3 is 2.20 bits per heavy atom. The summed E-state index contributed by atoms with van der Waals surface area (Å²) in [5.41, 5.74) is 7.94. The van der Waals surface area contributed by atoms with E-state index in [2.05, 4.69) is 52.2 Å². The van der Waals surface area contributed by atoms with Crippen LogP contribution < -0.4 is 43.0 Å². The number of aliphatic hydroxyl groups is 1. The smallest absolute Gasteiger partial charge is 0.413 e. The molecule has 4 atom stereocenters. The van der Waals surface area contributed by atoms with Crippen LogP contribution in [-0.4, -0.2) is 122 Å². The molecule has 0 radical (unpaired) electrons. The average Bonchev–Trinajstić information content (AvgIpc) is 3.56. The Morgan fingerprint density at radius 2 is 1.45 bits per heavy atom. The van der Waals surface area contributed by atoms with Crippen molar-refractivity contribution in [2.45, 2.75) is 58.0 Å². The zero-order valence-electron chi connectivity index (χ0n) is 44.8. The van der Waals surface area contributed by atoms with Gasteiger partial charge in [0.05, 0.1) is 42.2 Å². The van der Waals surface area contributed by atoms with E-state index in [9.17, 15) is 38.7 Å². The molecule has 31 heteroatoms. The maximum Gasteiger partial charge on any atom is 0.413 e. The van der Waals surface area contributed by atoms with Gasteiger partial charge in [0.25, 0.3) is 23.6 Å². The van der Waals surface area contributed by atoms with E-state index >= 15 is 0 Å². The van der Waals surface area contributed by atoms with Crippen molar-refractivity contribution in [3.63, 3.8) is 0 Å². The Balaban J connectivity index is 1.10. The fraction of sp³-hybridized carbons (Fsp3) is 0.308. The van der Waals surface area contributed by atoms with Crippen molar-refractivity contribution in [1.29, 1.82) is 0 Å². The van der Waals surface area contributed by atoms with Crippen molar-refractivity contribution in [3.05, 3.63) is 111 Å². The lowest BCUT2D eigenvalue weighted by Crippen LogP contribution is -2.40. The second-order valence-electron chi connectivity index (χ2n) is 18.5. The number of nitrogens with one attached hydrogen (secondary N) is 7. The molecule has 0 fully saturated rings. The number of amides is 7. The first-order valence-corrected chi connectivity index (χ1v) is 30.5. The minimum atomic E-state index is -1.29. The Labute approximate surface area is 497 Å². The number of ether oxygens (including phenoxy) is 2. The molecular formula is C52H53N15O10S6. The minimum absolute atomic E-state index is 0.00318. The summed E-state index contributed by atoms with van der Waals surface area (Å²) in [6, 6.07) is 9.35. The van der Waals surface area contributed by atoms with E-state index in [1.54, 1.807) is 70.9 Å². The number of carbonyl (C=O) groups excluding carboxylic acids is 7. The predicted molar refractivity (Wildman–Crippen MR) is 314 cm³/mol. The maximum atomic E-state index is 14.3. The van der Waals surface area contributed by atoms with Crippen molar-refractivity contribution < 1.29 is 48.1 Å². The average molecular weight is 1240 g/mol. The van der Waals surface area contributed by atoms with Gasteiger partial charge in [-0.05, 0) is 30.5 Å². The third-order valence-corrected chi connectivity index (χ3v) is 18.0. The molecule has 1 aliphatic heterocycles. The van der Waals surface area contributed by atoms with Gasteiger partial charge in [0.15, 0.2) is 6.61 Å². The summed E-state index contributed by atoms with van der Waals surface area (Å²) in [6.07, 6.45) is -2.43. The molecule has 432 valence electrons. The molecule has 1 aromatic carbocycles. The molecule has 83 heavy (non-hydrogen) atoms. The van der Waals surface area contributed by atoms with Gasteiger partial charge < -0.3 is 52.2 Å². The highest BCUT2D eigenvalue weighted by molar-refractivity contribution is 7.15. The van der Waals surface area contributed by atoms with Crippen LogP contribution in [-0.2, 0) is 30.5 Å². The normalized spacial score (nSPS) is 16.2. The van der Waals surface area contributed by atoms with Gasteiger partial charge in [-0.2, -0.15) is 0 Å². The lowest BCUT2D eigenvalue weighted by molar-refractivity contribution is -0.124. The van der Waals surface area contributed by atoms with Crippen LogP contribution in [0.3, 0.4) is 0 Å². The Kier molecular flexibility index (Phi) is 19.4. The predicted octanol–water partition coefficient (Wildman–Crippen LogP) is 5.94. The molecule has 0 unspecified atom stereocenters. The van der Waals surface area contributed by atoms with Gasteiger partial charge in [-0.1, -0.05) is 44.2 Å². The van der Waals surface area contributed by atoms with Gasteiger partial charge >= 0.3 is 6.09 Å². The van der Waals surface area contributed by atoms with Crippen LogP contribution in [0.25, 0.3) is 43.4 Å². The number of aryl methyl sites for hydroxylation is 1. The fourth-order valence-corrected chi connectivity index (χ4v) is 13.7. The molecule has 8 aromatic rings. The van der Waals surface area contributed by atoms with Gasteiger partial charge in [0, 0.05) is 59.2 Å². The van der Waals surface area contributed by atoms with Gasteiger partial charge in [-0.15, -0.1) is 68.0 Å². The van der Waals surface area contributed by atoms with Crippen molar-refractivity contribution in [1.82, 2.24) is 66.8 Å². The Morgan fingerprint density at radius 1 is 0.723 bits per heavy atom. The molecule has 0 aliphatic carbocycles. The van der Waals surface area contributed by atoms with Gasteiger partial charge in [0.2, 0.25) is 11.8 Å². The van der Waals surface area contributed by atoms with Gasteiger partial charge in [0.1, 0.15) is 82.2 Å².